The molecule has 108 valence electrons. The molecular weight excluding hydrogens is 290 g/mol. The summed E-state index contributed by atoms with van der Waals surface area (Å²) in [7, 11) is 0. The Labute approximate surface area is 119 Å². The van der Waals surface area contributed by atoms with E-state index in [-0.39, 0.29) is 29.4 Å². The Morgan fingerprint density at radius 2 is 1.75 bits per heavy atom. The Bertz CT molecular complexity index is 557. The molecule has 1 aromatic rings. The van der Waals surface area contributed by atoms with Gasteiger partial charge in [-0.25, -0.2) is 9.59 Å². The Kier molecular flexibility index (Phi) is 5.45. The van der Waals surface area contributed by atoms with Crippen LogP contribution in [0.4, 0.5) is 5.69 Å². The number of rotatable bonds is 5. The minimum absolute atomic E-state index is 0.0760. The average molecular weight is 302 g/mol. The molecule has 1 aromatic carbocycles. The summed E-state index contributed by atoms with van der Waals surface area (Å²) >= 11 is 5.79. The largest absolute Gasteiger partial charge is 0.462 e. The maximum absolute atomic E-state index is 11.7. The zero-order valence-corrected chi connectivity index (χ0v) is 11.6. The molecule has 1 rings (SSSR count). The molecule has 0 bridgehead atoms. The molecule has 7 nitrogen and oxygen atoms in total. The molecule has 0 N–H and O–H groups in total. The van der Waals surface area contributed by atoms with Crippen LogP contribution in [0.1, 0.15) is 34.6 Å². The first-order valence-corrected chi connectivity index (χ1v) is 6.12. The van der Waals surface area contributed by atoms with Crippen molar-refractivity contribution in [2.45, 2.75) is 13.8 Å². The van der Waals surface area contributed by atoms with Crippen LogP contribution in [-0.2, 0) is 9.47 Å². The van der Waals surface area contributed by atoms with Gasteiger partial charge in [0.2, 0.25) is 0 Å². The number of nitro benzene ring substituents is 1. The van der Waals surface area contributed by atoms with Gasteiger partial charge in [-0.05, 0) is 19.9 Å². The fraction of sp³-hybridized carbons (Fsp3) is 0.333. The third-order valence-corrected chi connectivity index (χ3v) is 2.65. The van der Waals surface area contributed by atoms with Gasteiger partial charge in [0.15, 0.2) is 0 Å². The van der Waals surface area contributed by atoms with Gasteiger partial charge in [0.25, 0.3) is 5.69 Å². The average Bonchev–Trinajstić information content (AvgIpc) is 2.39. The summed E-state index contributed by atoms with van der Waals surface area (Å²) in [6, 6.07) is 2.08. The van der Waals surface area contributed by atoms with E-state index in [0.717, 1.165) is 12.1 Å². The van der Waals surface area contributed by atoms with Crippen LogP contribution in [0, 0.1) is 10.1 Å². The first kappa shape index (κ1) is 15.9. The lowest BCUT2D eigenvalue weighted by atomic mass is 10.1. The summed E-state index contributed by atoms with van der Waals surface area (Å²) in [4.78, 5) is 33.4. The number of hydrogen-bond donors (Lipinski definition) is 0. The quantitative estimate of drug-likeness (QED) is 0.471. The van der Waals surface area contributed by atoms with Crippen molar-refractivity contribution in [2.24, 2.45) is 0 Å². The standard InChI is InChI=1S/C12H12ClNO6/c1-3-19-11(15)7-5-8(12(16)20-4-2)10(13)9(6-7)14(17)18/h5-6H,3-4H2,1-2H3. The highest BCUT2D eigenvalue weighted by Crippen LogP contribution is 2.30. The smallest absolute Gasteiger partial charge is 0.339 e. The number of carbonyl (C=O) groups is 2. The molecule has 0 radical (unpaired) electrons. The Morgan fingerprint density at radius 3 is 2.25 bits per heavy atom. The lowest BCUT2D eigenvalue weighted by molar-refractivity contribution is -0.384. The zero-order chi connectivity index (χ0) is 15.3. The zero-order valence-electron chi connectivity index (χ0n) is 10.8. The van der Waals surface area contributed by atoms with Crippen molar-refractivity contribution in [3.05, 3.63) is 38.4 Å². The summed E-state index contributed by atoms with van der Waals surface area (Å²) < 4.78 is 9.48. The number of benzene rings is 1. The number of carbonyl (C=O) groups excluding carboxylic acids is 2. The number of halogens is 1. The van der Waals surface area contributed by atoms with Crippen LogP contribution < -0.4 is 0 Å². The van der Waals surface area contributed by atoms with Gasteiger partial charge in [-0.3, -0.25) is 10.1 Å². The fourth-order valence-electron chi connectivity index (χ4n) is 1.43. The van der Waals surface area contributed by atoms with E-state index in [1.165, 1.54) is 0 Å². The van der Waals surface area contributed by atoms with Crippen LogP contribution >= 0.6 is 11.6 Å². The van der Waals surface area contributed by atoms with Crippen molar-refractivity contribution in [3.63, 3.8) is 0 Å². The number of hydrogen-bond acceptors (Lipinski definition) is 6. The third kappa shape index (κ3) is 3.45. The normalized spacial score (nSPS) is 9.95. The van der Waals surface area contributed by atoms with Gasteiger partial charge in [-0.1, -0.05) is 11.6 Å². The highest BCUT2D eigenvalue weighted by atomic mass is 35.5. The highest BCUT2D eigenvalue weighted by molar-refractivity contribution is 6.35. The van der Waals surface area contributed by atoms with Gasteiger partial charge in [0, 0.05) is 6.07 Å². The second-order valence-corrected chi connectivity index (χ2v) is 3.93. The van der Waals surface area contributed by atoms with E-state index in [9.17, 15) is 19.7 Å². The topological polar surface area (TPSA) is 95.7 Å². The number of nitro groups is 1. The SMILES string of the molecule is CCOC(=O)c1cc(C(=O)OCC)c(Cl)c([N+](=O)[O-])c1. The van der Waals surface area contributed by atoms with Crippen LogP contribution in [0.5, 0.6) is 0 Å². The van der Waals surface area contributed by atoms with Crippen LogP contribution in [0.25, 0.3) is 0 Å². The predicted molar refractivity (Wildman–Crippen MR) is 70.0 cm³/mol. The Morgan fingerprint density at radius 1 is 1.20 bits per heavy atom. The first-order valence-electron chi connectivity index (χ1n) is 5.74. The van der Waals surface area contributed by atoms with Crippen molar-refractivity contribution in [3.8, 4) is 0 Å². The molecule has 0 saturated carbocycles. The van der Waals surface area contributed by atoms with Gasteiger partial charge < -0.3 is 9.47 Å². The summed E-state index contributed by atoms with van der Waals surface area (Å²) in [6.45, 7) is 3.35. The monoisotopic (exact) mass is 301 g/mol. The van der Waals surface area contributed by atoms with Gasteiger partial charge in [-0.2, -0.15) is 0 Å². The molecule has 0 spiro atoms. The summed E-state index contributed by atoms with van der Waals surface area (Å²) in [5.41, 5.74) is -0.933. The molecule has 0 saturated heterocycles. The highest BCUT2D eigenvalue weighted by Gasteiger charge is 2.25. The Balaban J connectivity index is 3.38. The molecule has 0 aromatic heterocycles. The van der Waals surface area contributed by atoms with Crippen molar-refractivity contribution in [2.75, 3.05) is 13.2 Å². The lowest BCUT2D eigenvalue weighted by Gasteiger charge is -2.07. The second kappa shape index (κ2) is 6.85. The van der Waals surface area contributed by atoms with E-state index in [0.29, 0.717) is 0 Å². The number of ether oxygens (including phenoxy) is 2. The van der Waals surface area contributed by atoms with E-state index < -0.39 is 22.5 Å². The second-order valence-electron chi connectivity index (χ2n) is 3.55. The molecule has 8 heteroatoms. The van der Waals surface area contributed by atoms with Crippen LogP contribution in [0.15, 0.2) is 12.1 Å². The molecule has 0 aliphatic heterocycles. The van der Waals surface area contributed by atoms with E-state index in [1.807, 2.05) is 0 Å². The molecule has 0 aliphatic rings. The molecule has 0 amide bonds. The van der Waals surface area contributed by atoms with Gasteiger partial charge in [0.05, 0.1) is 29.3 Å². The van der Waals surface area contributed by atoms with Crippen LogP contribution in [-0.4, -0.2) is 30.1 Å². The molecule has 0 atom stereocenters. The van der Waals surface area contributed by atoms with Gasteiger partial charge >= 0.3 is 11.9 Å². The lowest BCUT2D eigenvalue weighted by Crippen LogP contribution is -2.11. The minimum atomic E-state index is -0.841. The van der Waals surface area contributed by atoms with E-state index in [2.05, 4.69) is 0 Å². The maximum atomic E-state index is 11.7. The van der Waals surface area contributed by atoms with Crippen LogP contribution in [0.3, 0.4) is 0 Å². The third-order valence-electron chi connectivity index (χ3n) is 2.26. The minimum Gasteiger partial charge on any atom is -0.462 e. The summed E-state index contributed by atoms with van der Waals surface area (Å²) in [6.07, 6.45) is 0. The summed E-state index contributed by atoms with van der Waals surface area (Å²) in [5.74, 6) is -1.62. The molecular formula is C12H12ClNO6. The van der Waals surface area contributed by atoms with Crippen LogP contribution in [0.2, 0.25) is 5.02 Å². The van der Waals surface area contributed by atoms with E-state index in [4.69, 9.17) is 21.1 Å². The molecule has 0 unspecified atom stereocenters. The first-order chi connectivity index (χ1) is 9.42. The van der Waals surface area contributed by atoms with Crippen molar-refractivity contribution in [1.29, 1.82) is 0 Å². The van der Waals surface area contributed by atoms with E-state index >= 15 is 0 Å². The number of nitrogens with zero attached hydrogens (tertiary/aromatic N) is 1. The van der Waals surface area contributed by atoms with E-state index in [1.54, 1.807) is 13.8 Å². The molecule has 20 heavy (non-hydrogen) atoms. The Hall–Kier alpha value is -2.15. The number of esters is 2. The van der Waals surface area contributed by atoms with Crippen molar-refractivity contribution < 1.29 is 24.0 Å². The predicted octanol–water partition coefficient (Wildman–Crippen LogP) is 2.60. The van der Waals surface area contributed by atoms with Crippen molar-refractivity contribution in [1.82, 2.24) is 0 Å². The molecule has 0 fully saturated rings. The fourth-order valence-corrected chi connectivity index (χ4v) is 1.69. The molecule has 0 heterocycles. The molecule has 0 aliphatic carbocycles. The van der Waals surface area contributed by atoms with Gasteiger partial charge in [-0.15, -0.1) is 0 Å². The summed E-state index contributed by atoms with van der Waals surface area (Å²) in [5, 5.41) is 10.5. The maximum Gasteiger partial charge on any atom is 0.339 e. The van der Waals surface area contributed by atoms with Crippen molar-refractivity contribution >= 4 is 29.2 Å². The van der Waals surface area contributed by atoms with Gasteiger partial charge in [0.1, 0.15) is 5.02 Å².